The summed E-state index contributed by atoms with van der Waals surface area (Å²) in [5.74, 6) is -0.452. The van der Waals surface area contributed by atoms with Crippen molar-refractivity contribution in [2.45, 2.75) is 53.9 Å². The van der Waals surface area contributed by atoms with E-state index in [1.54, 1.807) is 6.92 Å². The highest BCUT2D eigenvalue weighted by atomic mass is 16.3. The predicted molar refractivity (Wildman–Crippen MR) is 69.2 cm³/mol. The molecule has 0 fully saturated rings. The number of allylic oxidation sites excluding steroid dienone is 3. The molecule has 1 amide bonds. The third-order valence-electron chi connectivity index (χ3n) is 2.35. The standard InChI is InChI=1S/C11H19NO2.C2H6/c1-4-9(5-2)6-7-10(13)8(3)11(12)14;1-2/h4,13H,5-7H2,1-3H3,(H2,12,14);1-2H3/b9-4-,10-8-;. The zero-order valence-electron chi connectivity index (χ0n) is 11.1. The van der Waals surface area contributed by atoms with E-state index in [9.17, 15) is 9.90 Å². The van der Waals surface area contributed by atoms with Crippen LogP contribution in [0.4, 0.5) is 0 Å². The molecule has 0 bridgehead atoms. The van der Waals surface area contributed by atoms with Gasteiger partial charge in [0.15, 0.2) is 0 Å². The van der Waals surface area contributed by atoms with Gasteiger partial charge in [0.2, 0.25) is 5.91 Å². The maximum Gasteiger partial charge on any atom is 0.247 e. The number of primary amides is 1. The average Bonchev–Trinajstić information content (AvgIpc) is 2.31. The molecule has 0 saturated carbocycles. The zero-order chi connectivity index (χ0) is 13.1. The first-order chi connectivity index (χ1) is 7.52. The van der Waals surface area contributed by atoms with Crippen LogP contribution in [0.5, 0.6) is 0 Å². The fourth-order valence-electron chi connectivity index (χ4n) is 1.13. The summed E-state index contributed by atoms with van der Waals surface area (Å²) in [5, 5.41) is 9.48. The Hall–Kier alpha value is -1.25. The summed E-state index contributed by atoms with van der Waals surface area (Å²) in [6, 6.07) is 0. The number of aliphatic hydroxyl groups excluding tert-OH is 1. The monoisotopic (exact) mass is 227 g/mol. The minimum atomic E-state index is -0.555. The van der Waals surface area contributed by atoms with Crippen LogP contribution < -0.4 is 5.73 Å². The molecular weight excluding hydrogens is 202 g/mol. The molecule has 3 N–H and O–H groups in total. The van der Waals surface area contributed by atoms with Gasteiger partial charge in [0, 0.05) is 6.42 Å². The smallest absolute Gasteiger partial charge is 0.247 e. The lowest BCUT2D eigenvalue weighted by atomic mass is 10.0. The van der Waals surface area contributed by atoms with E-state index < -0.39 is 5.91 Å². The quantitative estimate of drug-likeness (QED) is 0.429. The van der Waals surface area contributed by atoms with Gasteiger partial charge in [0.1, 0.15) is 5.76 Å². The zero-order valence-corrected chi connectivity index (χ0v) is 11.1. The van der Waals surface area contributed by atoms with Crippen molar-refractivity contribution in [1.82, 2.24) is 0 Å². The summed E-state index contributed by atoms with van der Waals surface area (Å²) >= 11 is 0. The van der Waals surface area contributed by atoms with Crippen molar-refractivity contribution in [3.05, 3.63) is 23.0 Å². The third kappa shape index (κ3) is 7.10. The summed E-state index contributed by atoms with van der Waals surface area (Å²) in [5.41, 5.74) is 6.57. The molecule has 0 aliphatic heterocycles. The molecule has 0 aromatic carbocycles. The first-order valence-electron chi connectivity index (χ1n) is 5.85. The maximum absolute atomic E-state index is 10.7. The van der Waals surface area contributed by atoms with Crippen LogP contribution in [0.2, 0.25) is 0 Å². The summed E-state index contributed by atoms with van der Waals surface area (Å²) < 4.78 is 0. The topological polar surface area (TPSA) is 63.3 Å². The predicted octanol–water partition coefficient (Wildman–Crippen LogP) is 3.47. The van der Waals surface area contributed by atoms with Gasteiger partial charge in [0.25, 0.3) is 0 Å². The second-order valence-corrected chi connectivity index (χ2v) is 3.24. The van der Waals surface area contributed by atoms with Gasteiger partial charge < -0.3 is 10.8 Å². The number of rotatable bonds is 5. The lowest BCUT2D eigenvalue weighted by Crippen LogP contribution is -2.13. The number of nitrogens with two attached hydrogens (primary N) is 1. The molecule has 0 aliphatic rings. The second-order valence-electron chi connectivity index (χ2n) is 3.24. The molecule has 0 aromatic rings. The average molecular weight is 227 g/mol. The van der Waals surface area contributed by atoms with Crippen LogP contribution in [0.25, 0.3) is 0 Å². The van der Waals surface area contributed by atoms with Crippen molar-refractivity contribution in [2.24, 2.45) is 5.73 Å². The van der Waals surface area contributed by atoms with Crippen molar-refractivity contribution in [1.29, 1.82) is 0 Å². The number of hydrogen-bond donors (Lipinski definition) is 2. The van der Waals surface area contributed by atoms with Crippen LogP contribution >= 0.6 is 0 Å². The van der Waals surface area contributed by atoms with E-state index in [1.165, 1.54) is 5.57 Å². The normalized spacial score (nSPS) is 12.4. The number of carbonyl (C=O) groups excluding carboxylic acids is 1. The Bertz CT molecular complexity index is 265. The maximum atomic E-state index is 10.7. The summed E-state index contributed by atoms with van der Waals surface area (Å²) in [6.45, 7) is 9.58. The Morgan fingerprint density at radius 1 is 1.31 bits per heavy atom. The molecule has 16 heavy (non-hydrogen) atoms. The fourth-order valence-corrected chi connectivity index (χ4v) is 1.13. The van der Waals surface area contributed by atoms with E-state index in [4.69, 9.17) is 5.73 Å². The Kier molecular flexibility index (Phi) is 11.0. The van der Waals surface area contributed by atoms with Gasteiger partial charge in [-0.3, -0.25) is 4.79 Å². The molecule has 0 spiro atoms. The number of amides is 1. The van der Waals surface area contributed by atoms with Crippen LogP contribution in [0.15, 0.2) is 23.0 Å². The Morgan fingerprint density at radius 3 is 2.12 bits per heavy atom. The van der Waals surface area contributed by atoms with Crippen LogP contribution in [-0.4, -0.2) is 11.0 Å². The molecular formula is C13H25NO2. The van der Waals surface area contributed by atoms with Crippen molar-refractivity contribution in [2.75, 3.05) is 0 Å². The molecule has 0 heterocycles. The van der Waals surface area contributed by atoms with Gasteiger partial charge >= 0.3 is 0 Å². The number of carbonyl (C=O) groups is 1. The molecule has 0 unspecified atom stereocenters. The third-order valence-corrected chi connectivity index (χ3v) is 2.35. The van der Waals surface area contributed by atoms with Gasteiger partial charge in [0.05, 0.1) is 5.57 Å². The Morgan fingerprint density at radius 2 is 1.81 bits per heavy atom. The molecule has 0 atom stereocenters. The van der Waals surface area contributed by atoms with E-state index in [1.807, 2.05) is 26.8 Å². The first-order valence-corrected chi connectivity index (χ1v) is 5.85. The minimum Gasteiger partial charge on any atom is -0.512 e. The number of aliphatic hydroxyl groups is 1. The largest absolute Gasteiger partial charge is 0.512 e. The van der Waals surface area contributed by atoms with Crippen molar-refractivity contribution >= 4 is 5.91 Å². The van der Waals surface area contributed by atoms with Gasteiger partial charge in [-0.2, -0.15) is 0 Å². The molecule has 0 aromatic heterocycles. The molecule has 3 heteroatoms. The highest BCUT2D eigenvalue weighted by molar-refractivity contribution is 5.91. The SMILES string of the molecule is C/C=C(/CC)CC/C(O)=C(\C)C(N)=O.CC. The van der Waals surface area contributed by atoms with Crippen molar-refractivity contribution < 1.29 is 9.90 Å². The van der Waals surface area contributed by atoms with Crippen LogP contribution in [0.3, 0.4) is 0 Å². The van der Waals surface area contributed by atoms with Crippen molar-refractivity contribution in [3.63, 3.8) is 0 Å². The Balaban J connectivity index is 0. The highest BCUT2D eigenvalue weighted by Crippen LogP contribution is 2.14. The van der Waals surface area contributed by atoms with Crippen LogP contribution in [-0.2, 0) is 4.79 Å². The highest BCUT2D eigenvalue weighted by Gasteiger charge is 2.06. The fraction of sp³-hybridized carbons (Fsp3) is 0.615. The van der Waals surface area contributed by atoms with E-state index >= 15 is 0 Å². The molecule has 0 aliphatic carbocycles. The van der Waals surface area contributed by atoms with Gasteiger partial charge in [-0.25, -0.2) is 0 Å². The second kappa shape index (κ2) is 10.3. The molecule has 94 valence electrons. The molecule has 0 saturated heterocycles. The summed E-state index contributed by atoms with van der Waals surface area (Å²) in [4.78, 5) is 10.7. The van der Waals surface area contributed by atoms with Gasteiger partial charge in [-0.1, -0.05) is 32.4 Å². The van der Waals surface area contributed by atoms with E-state index in [2.05, 4.69) is 6.92 Å². The molecule has 0 rings (SSSR count). The van der Waals surface area contributed by atoms with E-state index in [-0.39, 0.29) is 11.3 Å². The summed E-state index contributed by atoms with van der Waals surface area (Å²) in [6.07, 6.45) is 4.28. The van der Waals surface area contributed by atoms with Crippen LogP contribution in [0, 0.1) is 0 Å². The van der Waals surface area contributed by atoms with Crippen LogP contribution in [0.1, 0.15) is 53.9 Å². The van der Waals surface area contributed by atoms with Crippen molar-refractivity contribution in [3.8, 4) is 0 Å². The van der Waals surface area contributed by atoms with Gasteiger partial charge in [-0.15, -0.1) is 0 Å². The minimum absolute atomic E-state index is 0.102. The van der Waals surface area contributed by atoms with E-state index in [0.29, 0.717) is 6.42 Å². The lowest BCUT2D eigenvalue weighted by Gasteiger charge is -2.05. The molecule has 3 nitrogen and oxygen atoms in total. The first kappa shape index (κ1) is 17.2. The lowest BCUT2D eigenvalue weighted by molar-refractivity contribution is -0.114. The Labute approximate surface area is 99.0 Å². The van der Waals surface area contributed by atoms with Gasteiger partial charge in [-0.05, 0) is 26.7 Å². The van der Waals surface area contributed by atoms with E-state index in [0.717, 1.165) is 12.8 Å². The number of hydrogen-bond acceptors (Lipinski definition) is 2. The summed E-state index contributed by atoms with van der Waals surface area (Å²) in [7, 11) is 0. The molecule has 0 radical (unpaired) electrons.